The largest absolute Gasteiger partial charge is 0.490 e. The molecule has 1 aromatic heterocycles. The Balaban J connectivity index is 0.000000293. The van der Waals surface area contributed by atoms with Crippen molar-refractivity contribution in [3.05, 3.63) is 18.5 Å². The maximum Gasteiger partial charge on any atom is 0.490 e. The smallest absolute Gasteiger partial charge is 0.475 e. The fraction of sp³-hybridized carbons (Fsp3) is 0.500. The molecular formula is C8H12F3N3O2. The molecule has 92 valence electrons. The molecule has 0 aliphatic rings. The summed E-state index contributed by atoms with van der Waals surface area (Å²) in [4.78, 5) is 8.90. The van der Waals surface area contributed by atoms with Crippen molar-refractivity contribution in [3.63, 3.8) is 0 Å². The van der Waals surface area contributed by atoms with E-state index < -0.39 is 12.1 Å². The number of rotatable bonds is 2. The molecule has 1 aromatic rings. The molecule has 0 fully saturated rings. The predicted octanol–water partition coefficient (Wildman–Crippen LogP) is 0.864. The quantitative estimate of drug-likeness (QED) is 0.802. The van der Waals surface area contributed by atoms with E-state index in [4.69, 9.17) is 15.6 Å². The van der Waals surface area contributed by atoms with Gasteiger partial charge in [0.25, 0.3) is 0 Å². The van der Waals surface area contributed by atoms with E-state index in [1.165, 1.54) is 0 Å². The van der Waals surface area contributed by atoms with Crippen molar-refractivity contribution in [2.45, 2.75) is 25.7 Å². The number of carboxylic acid groups (broad SMARTS) is 1. The number of nitrogens with zero attached hydrogens (tertiary/aromatic N) is 2. The third-order valence-electron chi connectivity index (χ3n) is 1.28. The monoisotopic (exact) mass is 239 g/mol. The van der Waals surface area contributed by atoms with Gasteiger partial charge in [-0.15, -0.1) is 0 Å². The fourth-order valence-corrected chi connectivity index (χ4v) is 0.704. The van der Waals surface area contributed by atoms with E-state index in [0.717, 1.165) is 6.54 Å². The summed E-state index contributed by atoms with van der Waals surface area (Å²) in [6.45, 7) is 2.76. The normalized spacial score (nSPS) is 12.6. The second-order valence-corrected chi connectivity index (χ2v) is 3.01. The molecule has 1 unspecified atom stereocenters. The van der Waals surface area contributed by atoms with Gasteiger partial charge < -0.3 is 10.8 Å². The third kappa shape index (κ3) is 6.82. The lowest BCUT2D eigenvalue weighted by Crippen LogP contribution is -2.22. The lowest BCUT2D eigenvalue weighted by Gasteiger charge is -2.02. The van der Waals surface area contributed by atoms with E-state index in [1.54, 1.807) is 6.20 Å². The average molecular weight is 239 g/mol. The molecule has 0 aromatic carbocycles. The van der Waals surface area contributed by atoms with Crippen molar-refractivity contribution < 1.29 is 23.1 Å². The molecule has 0 radical (unpaired) electrons. The maximum atomic E-state index is 10.6. The van der Waals surface area contributed by atoms with Crippen LogP contribution in [0.2, 0.25) is 0 Å². The summed E-state index contributed by atoms with van der Waals surface area (Å²) in [7, 11) is 0. The highest BCUT2D eigenvalue weighted by atomic mass is 19.4. The van der Waals surface area contributed by atoms with Gasteiger partial charge in [-0.2, -0.15) is 18.3 Å². The highest BCUT2D eigenvalue weighted by molar-refractivity contribution is 5.73. The summed E-state index contributed by atoms with van der Waals surface area (Å²) in [6, 6.07) is 2.08. The second-order valence-electron chi connectivity index (χ2n) is 3.01. The average Bonchev–Trinajstić information content (AvgIpc) is 2.54. The maximum absolute atomic E-state index is 10.6. The van der Waals surface area contributed by atoms with Gasteiger partial charge in [0.05, 0.1) is 6.54 Å². The minimum absolute atomic E-state index is 0.185. The number of nitrogens with two attached hydrogens (primary N) is 1. The number of alkyl halides is 3. The Morgan fingerprint density at radius 1 is 1.62 bits per heavy atom. The van der Waals surface area contributed by atoms with E-state index in [1.807, 2.05) is 23.9 Å². The van der Waals surface area contributed by atoms with Crippen molar-refractivity contribution in [3.8, 4) is 0 Å². The number of hydrogen-bond acceptors (Lipinski definition) is 3. The van der Waals surface area contributed by atoms with Gasteiger partial charge >= 0.3 is 12.1 Å². The Morgan fingerprint density at radius 2 is 2.12 bits per heavy atom. The predicted molar refractivity (Wildman–Crippen MR) is 49.6 cm³/mol. The molecule has 0 spiro atoms. The van der Waals surface area contributed by atoms with Crippen molar-refractivity contribution in [2.24, 2.45) is 5.73 Å². The zero-order chi connectivity index (χ0) is 12.8. The van der Waals surface area contributed by atoms with Crippen LogP contribution in [-0.4, -0.2) is 33.1 Å². The first-order chi connectivity index (χ1) is 7.23. The molecule has 1 atom stereocenters. The van der Waals surface area contributed by atoms with Crippen molar-refractivity contribution in [1.82, 2.24) is 9.78 Å². The van der Waals surface area contributed by atoms with E-state index in [2.05, 4.69) is 5.10 Å². The molecule has 0 saturated heterocycles. The highest BCUT2D eigenvalue weighted by Crippen LogP contribution is 2.13. The summed E-state index contributed by atoms with van der Waals surface area (Å²) in [6.07, 6.45) is -1.42. The van der Waals surface area contributed by atoms with E-state index >= 15 is 0 Å². The van der Waals surface area contributed by atoms with Gasteiger partial charge in [-0.25, -0.2) is 4.79 Å². The van der Waals surface area contributed by atoms with Crippen LogP contribution in [0.25, 0.3) is 0 Å². The minimum atomic E-state index is -5.08. The van der Waals surface area contributed by atoms with Crippen molar-refractivity contribution in [2.75, 3.05) is 0 Å². The van der Waals surface area contributed by atoms with Crippen LogP contribution in [0.3, 0.4) is 0 Å². The fourth-order valence-electron chi connectivity index (χ4n) is 0.704. The van der Waals surface area contributed by atoms with Crippen LogP contribution in [0.4, 0.5) is 13.2 Å². The SMILES string of the molecule is CC(N)Cn1cccn1.O=C(O)C(F)(F)F. The lowest BCUT2D eigenvalue weighted by atomic mass is 10.4. The summed E-state index contributed by atoms with van der Waals surface area (Å²) in [5.74, 6) is -2.76. The summed E-state index contributed by atoms with van der Waals surface area (Å²) >= 11 is 0. The Bertz CT molecular complexity index is 309. The van der Waals surface area contributed by atoms with Crippen LogP contribution in [0, 0.1) is 0 Å². The first kappa shape index (κ1) is 14.4. The van der Waals surface area contributed by atoms with Crippen LogP contribution in [-0.2, 0) is 11.3 Å². The topological polar surface area (TPSA) is 81.1 Å². The molecule has 0 aliphatic carbocycles. The van der Waals surface area contributed by atoms with E-state index in [9.17, 15) is 13.2 Å². The number of carboxylic acids is 1. The molecule has 1 rings (SSSR count). The van der Waals surface area contributed by atoms with Gasteiger partial charge in [-0.1, -0.05) is 0 Å². The van der Waals surface area contributed by atoms with Gasteiger partial charge in [0.2, 0.25) is 0 Å². The first-order valence-corrected chi connectivity index (χ1v) is 4.26. The molecule has 0 amide bonds. The van der Waals surface area contributed by atoms with Gasteiger partial charge in [0, 0.05) is 18.4 Å². The lowest BCUT2D eigenvalue weighted by molar-refractivity contribution is -0.192. The molecule has 0 aliphatic heterocycles. The van der Waals surface area contributed by atoms with Crippen LogP contribution >= 0.6 is 0 Å². The van der Waals surface area contributed by atoms with Gasteiger partial charge in [-0.05, 0) is 13.0 Å². The zero-order valence-electron chi connectivity index (χ0n) is 8.48. The molecule has 0 saturated carbocycles. The first-order valence-electron chi connectivity index (χ1n) is 4.26. The van der Waals surface area contributed by atoms with E-state index in [-0.39, 0.29) is 6.04 Å². The second kappa shape index (κ2) is 6.11. The molecule has 1 heterocycles. The Kier molecular flexibility index (Phi) is 5.51. The number of hydrogen-bond donors (Lipinski definition) is 2. The molecule has 0 bridgehead atoms. The highest BCUT2D eigenvalue weighted by Gasteiger charge is 2.38. The van der Waals surface area contributed by atoms with E-state index in [0.29, 0.717) is 0 Å². The summed E-state index contributed by atoms with van der Waals surface area (Å²) in [5, 5.41) is 11.1. The summed E-state index contributed by atoms with van der Waals surface area (Å²) in [5.41, 5.74) is 5.52. The van der Waals surface area contributed by atoms with Crippen LogP contribution in [0.1, 0.15) is 6.92 Å². The van der Waals surface area contributed by atoms with Crippen LogP contribution in [0.15, 0.2) is 18.5 Å². The van der Waals surface area contributed by atoms with Crippen molar-refractivity contribution in [1.29, 1.82) is 0 Å². The summed E-state index contributed by atoms with van der Waals surface area (Å²) < 4.78 is 33.6. The number of carbonyl (C=O) groups is 1. The Labute approximate surface area is 89.7 Å². The molecule has 16 heavy (non-hydrogen) atoms. The Hall–Kier alpha value is -1.57. The van der Waals surface area contributed by atoms with Gasteiger partial charge in [0.15, 0.2) is 0 Å². The van der Waals surface area contributed by atoms with Crippen LogP contribution < -0.4 is 5.73 Å². The Morgan fingerprint density at radius 3 is 2.38 bits per heavy atom. The molecular weight excluding hydrogens is 227 g/mol. The molecule has 8 heteroatoms. The standard InChI is InChI=1S/C6H11N3.C2HF3O2/c1-6(7)5-9-4-2-3-8-9;3-2(4,5)1(6)7/h2-4,6H,5,7H2,1H3;(H,6,7). The molecule has 5 nitrogen and oxygen atoms in total. The number of aromatic nitrogens is 2. The van der Waals surface area contributed by atoms with Crippen molar-refractivity contribution >= 4 is 5.97 Å². The number of halogens is 3. The third-order valence-corrected chi connectivity index (χ3v) is 1.28. The van der Waals surface area contributed by atoms with Gasteiger partial charge in [-0.3, -0.25) is 4.68 Å². The number of aliphatic carboxylic acids is 1. The van der Waals surface area contributed by atoms with Crippen LogP contribution in [0.5, 0.6) is 0 Å². The molecule has 3 N–H and O–H groups in total. The minimum Gasteiger partial charge on any atom is -0.475 e. The zero-order valence-corrected chi connectivity index (χ0v) is 8.48. The van der Waals surface area contributed by atoms with Gasteiger partial charge in [0.1, 0.15) is 0 Å².